The first-order chi connectivity index (χ1) is 7.94. The summed E-state index contributed by atoms with van der Waals surface area (Å²) in [6.45, 7) is 9.73. The van der Waals surface area contributed by atoms with E-state index in [0.717, 1.165) is 25.1 Å². The smallest absolute Gasteiger partial charge is 0.123 e. The number of rotatable bonds is 3. The van der Waals surface area contributed by atoms with Crippen molar-refractivity contribution in [3.05, 3.63) is 29.3 Å². The average Bonchev–Trinajstić information content (AvgIpc) is 2.57. The Bertz CT molecular complexity index is 392. The van der Waals surface area contributed by atoms with Crippen molar-refractivity contribution in [1.29, 1.82) is 0 Å². The predicted molar refractivity (Wildman–Crippen MR) is 71.7 cm³/mol. The van der Waals surface area contributed by atoms with Gasteiger partial charge < -0.3 is 10.1 Å². The summed E-state index contributed by atoms with van der Waals surface area (Å²) in [5.74, 6) is 1.08. The van der Waals surface area contributed by atoms with Gasteiger partial charge >= 0.3 is 0 Å². The molecule has 2 nitrogen and oxygen atoms in total. The van der Waals surface area contributed by atoms with E-state index in [2.05, 4.69) is 51.2 Å². The summed E-state index contributed by atoms with van der Waals surface area (Å²) in [6, 6.07) is 6.46. The SMILES string of the molecule is Cc1ccc2c(c1)CC(CCNC(C)(C)C)O2. The molecular weight excluding hydrogens is 210 g/mol. The first kappa shape index (κ1) is 12.4. The molecule has 0 spiro atoms. The summed E-state index contributed by atoms with van der Waals surface area (Å²) in [6.07, 6.45) is 2.48. The quantitative estimate of drug-likeness (QED) is 0.866. The maximum absolute atomic E-state index is 5.94. The van der Waals surface area contributed by atoms with Crippen LogP contribution < -0.4 is 10.1 Å². The van der Waals surface area contributed by atoms with Gasteiger partial charge in [0.25, 0.3) is 0 Å². The van der Waals surface area contributed by atoms with Crippen molar-refractivity contribution < 1.29 is 4.74 Å². The standard InChI is InChI=1S/C15H23NO/c1-11-5-6-14-12(9-11)10-13(17-14)7-8-16-15(2,3)4/h5-6,9,13,16H,7-8,10H2,1-4H3. The lowest BCUT2D eigenvalue weighted by Gasteiger charge is -2.21. The molecule has 1 aromatic carbocycles. The van der Waals surface area contributed by atoms with E-state index in [1.807, 2.05) is 0 Å². The number of hydrogen-bond acceptors (Lipinski definition) is 2. The topological polar surface area (TPSA) is 21.3 Å². The van der Waals surface area contributed by atoms with Crippen LogP contribution in [0, 0.1) is 6.92 Å². The summed E-state index contributed by atoms with van der Waals surface area (Å²) in [4.78, 5) is 0. The number of ether oxygens (including phenoxy) is 1. The van der Waals surface area contributed by atoms with Gasteiger partial charge in [0.05, 0.1) is 0 Å². The normalized spacial score (nSPS) is 18.9. The summed E-state index contributed by atoms with van der Waals surface area (Å²) in [5, 5.41) is 3.51. The van der Waals surface area contributed by atoms with Crippen LogP contribution in [0.3, 0.4) is 0 Å². The fraction of sp³-hybridized carbons (Fsp3) is 0.600. The van der Waals surface area contributed by atoms with Crippen LogP contribution in [-0.2, 0) is 6.42 Å². The van der Waals surface area contributed by atoms with Gasteiger partial charge in [0, 0.05) is 12.0 Å². The van der Waals surface area contributed by atoms with Crippen LogP contribution >= 0.6 is 0 Å². The molecule has 0 radical (unpaired) electrons. The third-order valence-electron chi connectivity index (χ3n) is 3.08. The lowest BCUT2D eigenvalue weighted by Crippen LogP contribution is -2.38. The summed E-state index contributed by atoms with van der Waals surface area (Å²) in [7, 11) is 0. The zero-order valence-corrected chi connectivity index (χ0v) is 11.3. The highest BCUT2D eigenvalue weighted by Gasteiger charge is 2.22. The minimum Gasteiger partial charge on any atom is -0.490 e. The molecule has 1 aromatic rings. The van der Waals surface area contributed by atoms with Gasteiger partial charge in [-0.25, -0.2) is 0 Å². The molecule has 17 heavy (non-hydrogen) atoms. The van der Waals surface area contributed by atoms with Gasteiger partial charge in [-0.15, -0.1) is 0 Å². The number of aryl methyl sites for hydroxylation is 1. The van der Waals surface area contributed by atoms with Crippen molar-refractivity contribution in [2.24, 2.45) is 0 Å². The molecule has 2 rings (SSSR count). The minimum atomic E-state index is 0.196. The van der Waals surface area contributed by atoms with Gasteiger partial charge in [0.15, 0.2) is 0 Å². The molecule has 1 heterocycles. The van der Waals surface area contributed by atoms with Crippen molar-refractivity contribution in [2.45, 2.75) is 52.2 Å². The molecule has 1 atom stereocenters. The van der Waals surface area contributed by atoms with Gasteiger partial charge in [-0.2, -0.15) is 0 Å². The van der Waals surface area contributed by atoms with Crippen molar-refractivity contribution in [1.82, 2.24) is 5.32 Å². The largest absolute Gasteiger partial charge is 0.490 e. The van der Waals surface area contributed by atoms with Crippen molar-refractivity contribution in [3.63, 3.8) is 0 Å². The van der Waals surface area contributed by atoms with E-state index >= 15 is 0 Å². The van der Waals surface area contributed by atoms with E-state index in [1.165, 1.54) is 11.1 Å². The molecule has 0 amide bonds. The molecule has 0 aliphatic carbocycles. The Morgan fingerprint density at radius 2 is 2.12 bits per heavy atom. The number of hydrogen-bond donors (Lipinski definition) is 1. The van der Waals surface area contributed by atoms with E-state index in [-0.39, 0.29) is 5.54 Å². The summed E-state index contributed by atoms with van der Waals surface area (Å²) in [5.41, 5.74) is 2.88. The fourth-order valence-electron chi connectivity index (χ4n) is 2.22. The highest BCUT2D eigenvalue weighted by Crippen LogP contribution is 2.30. The minimum absolute atomic E-state index is 0.196. The van der Waals surface area contributed by atoms with Crippen LogP contribution in [-0.4, -0.2) is 18.2 Å². The van der Waals surface area contributed by atoms with Gasteiger partial charge in [0.2, 0.25) is 0 Å². The number of nitrogens with one attached hydrogen (secondary N) is 1. The second kappa shape index (κ2) is 4.69. The molecule has 1 N–H and O–H groups in total. The van der Waals surface area contributed by atoms with E-state index in [9.17, 15) is 0 Å². The lowest BCUT2D eigenvalue weighted by molar-refractivity contribution is 0.215. The molecule has 2 heteroatoms. The van der Waals surface area contributed by atoms with Gasteiger partial charge in [-0.1, -0.05) is 17.7 Å². The summed E-state index contributed by atoms with van der Waals surface area (Å²) >= 11 is 0. The Kier molecular flexibility index (Phi) is 3.43. The molecule has 0 saturated carbocycles. The molecule has 1 aliphatic rings. The zero-order valence-electron chi connectivity index (χ0n) is 11.3. The highest BCUT2D eigenvalue weighted by atomic mass is 16.5. The number of benzene rings is 1. The fourth-order valence-corrected chi connectivity index (χ4v) is 2.22. The van der Waals surface area contributed by atoms with Crippen LogP contribution in [0.15, 0.2) is 18.2 Å². The van der Waals surface area contributed by atoms with Gasteiger partial charge in [-0.05, 0) is 52.3 Å². The van der Waals surface area contributed by atoms with Crippen LogP contribution in [0.1, 0.15) is 38.3 Å². The van der Waals surface area contributed by atoms with E-state index in [0.29, 0.717) is 6.10 Å². The van der Waals surface area contributed by atoms with E-state index < -0.39 is 0 Å². The molecule has 1 unspecified atom stereocenters. The number of fused-ring (bicyclic) bond motifs is 1. The Balaban J connectivity index is 1.84. The molecule has 1 aliphatic heterocycles. The second-order valence-electron chi connectivity index (χ2n) is 6.02. The van der Waals surface area contributed by atoms with Gasteiger partial charge in [-0.3, -0.25) is 0 Å². The Labute approximate surface area is 104 Å². The molecule has 94 valence electrons. The second-order valence-corrected chi connectivity index (χ2v) is 6.02. The highest BCUT2D eigenvalue weighted by molar-refractivity contribution is 5.40. The van der Waals surface area contributed by atoms with E-state index in [4.69, 9.17) is 4.74 Å². The average molecular weight is 233 g/mol. The van der Waals surface area contributed by atoms with Crippen LogP contribution in [0.2, 0.25) is 0 Å². The van der Waals surface area contributed by atoms with Crippen molar-refractivity contribution in [3.8, 4) is 5.75 Å². The molecule has 0 saturated heterocycles. The first-order valence-corrected chi connectivity index (χ1v) is 6.45. The zero-order chi connectivity index (χ0) is 12.5. The van der Waals surface area contributed by atoms with Gasteiger partial charge in [0.1, 0.15) is 11.9 Å². The molecule has 0 bridgehead atoms. The van der Waals surface area contributed by atoms with Crippen LogP contribution in [0.25, 0.3) is 0 Å². The maximum Gasteiger partial charge on any atom is 0.123 e. The molecule has 0 aromatic heterocycles. The Morgan fingerprint density at radius 3 is 2.82 bits per heavy atom. The van der Waals surface area contributed by atoms with Crippen molar-refractivity contribution >= 4 is 0 Å². The predicted octanol–water partition coefficient (Wildman–Crippen LogP) is 3.08. The first-order valence-electron chi connectivity index (χ1n) is 6.45. The van der Waals surface area contributed by atoms with Crippen LogP contribution in [0.4, 0.5) is 0 Å². The Morgan fingerprint density at radius 1 is 1.35 bits per heavy atom. The molecular formula is C15H23NO. The maximum atomic E-state index is 5.94. The third-order valence-corrected chi connectivity index (χ3v) is 3.08. The third kappa shape index (κ3) is 3.47. The van der Waals surface area contributed by atoms with E-state index in [1.54, 1.807) is 0 Å². The lowest BCUT2D eigenvalue weighted by atomic mass is 10.0. The van der Waals surface area contributed by atoms with Crippen LogP contribution in [0.5, 0.6) is 5.75 Å². The monoisotopic (exact) mass is 233 g/mol. The van der Waals surface area contributed by atoms with Crippen molar-refractivity contribution in [2.75, 3.05) is 6.54 Å². The summed E-state index contributed by atoms with van der Waals surface area (Å²) < 4.78 is 5.94. The molecule has 0 fully saturated rings. The Hall–Kier alpha value is -1.02.